The molecule has 4 rings (SSSR count). The monoisotopic (exact) mass is 403 g/mol. The normalized spacial score (nSPS) is 17.9. The van der Waals surface area contributed by atoms with E-state index in [1.807, 2.05) is 31.3 Å². The van der Waals surface area contributed by atoms with Gasteiger partial charge < -0.3 is 19.9 Å². The van der Waals surface area contributed by atoms with E-state index in [0.717, 1.165) is 39.1 Å². The summed E-state index contributed by atoms with van der Waals surface area (Å²) in [6, 6.07) is 14.5. The van der Waals surface area contributed by atoms with Crippen molar-refractivity contribution >= 4 is 6.02 Å². The largest absolute Gasteiger partial charge is 0.496 e. The van der Waals surface area contributed by atoms with Gasteiger partial charge in [-0.05, 0) is 65.9 Å². The number of amidine groups is 1. The minimum atomic E-state index is -0.726. The fourth-order valence-electron chi connectivity index (χ4n) is 3.90. The van der Waals surface area contributed by atoms with E-state index in [2.05, 4.69) is 36.2 Å². The lowest BCUT2D eigenvalue weighted by molar-refractivity contribution is 0.278. The van der Waals surface area contributed by atoms with Crippen molar-refractivity contribution in [2.75, 3.05) is 20.8 Å². The van der Waals surface area contributed by atoms with E-state index < -0.39 is 5.54 Å². The summed E-state index contributed by atoms with van der Waals surface area (Å²) in [6.45, 7) is 4.43. The molecule has 30 heavy (non-hydrogen) atoms. The van der Waals surface area contributed by atoms with Gasteiger partial charge in [0.15, 0.2) is 5.54 Å². The fourth-order valence-corrected chi connectivity index (χ4v) is 3.90. The quantitative estimate of drug-likeness (QED) is 0.697. The van der Waals surface area contributed by atoms with Gasteiger partial charge in [0.05, 0.1) is 20.4 Å². The van der Waals surface area contributed by atoms with Gasteiger partial charge in [0.1, 0.15) is 18.1 Å². The van der Waals surface area contributed by atoms with Gasteiger partial charge in [0.2, 0.25) is 0 Å². The van der Waals surface area contributed by atoms with Gasteiger partial charge in [-0.2, -0.15) is 0 Å². The summed E-state index contributed by atoms with van der Waals surface area (Å²) < 4.78 is 16.4. The molecule has 1 aliphatic rings. The summed E-state index contributed by atoms with van der Waals surface area (Å²) in [6.07, 6.45) is 3.53. The second kappa shape index (κ2) is 7.71. The highest BCUT2D eigenvalue weighted by Gasteiger charge is 2.40. The number of ether oxygens (including phenoxy) is 3. The minimum absolute atomic E-state index is 0.189. The molecule has 0 fully saturated rings. The van der Waals surface area contributed by atoms with Crippen LogP contribution in [0.4, 0.5) is 0 Å². The van der Waals surface area contributed by atoms with Gasteiger partial charge in [-0.15, -0.1) is 0 Å². The molecule has 0 spiro atoms. The van der Waals surface area contributed by atoms with E-state index in [4.69, 9.17) is 24.9 Å². The highest BCUT2D eigenvalue weighted by molar-refractivity contribution is 5.76. The van der Waals surface area contributed by atoms with Gasteiger partial charge in [-0.3, -0.25) is 4.98 Å². The highest BCUT2D eigenvalue weighted by Crippen LogP contribution is 2.41. The summed E-state index contributed by atoms with van der Waals surface area (Å²) >= 11 is 0. The van der Waals surface area contributed by atoms with Crippen LogP contribution in [-0.2, 0) is 10.3 Å². The Morgan fingerprint density at radius 1 is 0.933 bits per heavy atom. The van der Waals surface area contributed by atoms with Gasteiger partial charge in [-0.25, -0.2) is 4.99 Å². The van der Waals surface area contributed by atoms with Crippen LogP contribution in [0.2, 0.25) is 0 Å². The number of nitrogens with two attached hydrogens (primary N) is 1. The van der Waals surface area contributed by atoms with Gasteiger partial charge >= 0.3 is 0 Å². The first-order chi connectivity index (χ1) is 14.5. The Morgan fingerprint density at radius 2 is 1.70 bits per heavy atom. The molecule has 0 radical (unpaired) electrons. The zero-order valence-corrected chi connectivity index (χ0v) is 17.6. The third-order valence-electron chi connectivity index (χ3n) is 5.58. The van der Waals surface area contributed by atoms with Crippen molar-refractivity contribution in [2.24, 2.45) is 10.7 Å². The molecular formula is C24H25N3O3. The lowest BCUT2D eigenvalue weighted by atomic mass is 9.82. The van der Waals surface area contributed by atoms with Crippen molar-refractivity contribution in [3.05, 3.63) is 77.1 Å². The van der Waals surface area contributed by atoms with Gasteiger partial charge in [0.25, 0.3) is 6.02 Å². The van der Waals surface area contributed by atoms with Crippen LogP contribution >= 0.6 is 0 Å². The van der Waals surface area contributed by atoms with E-state index in [1.165, 1.54) is 0 Å². The van der Waals surface area contributed by atoms with Crippen molar-refractivity contribution in [2.45, 2.75) is 19.4 Å². The lowest BCUT2D eigenvalue weighted by Crippen LogP contribution is -2.27. The number of rotatable bonds is 5. The third kappa shape index (κ3) is 3.34. The van der Waals surface area contributed by atoms with Crippen LogP contribution in [-0.4, -0.2) is 31.8 Å². The van der Waals surface area contributed by atoms with Crippen LogP contribution in [0.1, 0.15) is 22.3 Å². The number of nitrogens with zero attached hydrogens (tertiary/aromatic N) is 2. The molecule has 0 bridgehead atoms. The Hall–Kier alpha value is -3.54. The number of aromatic nitrogens is 1. The van der Waals surface area contributed by atoms with Crippen LogP contribution < -0.4 is 15.2 Å². The first kappa shape index (κ1) is 19.8. The Bertz CT molecular complexity index is 1130. The first-order valence-corrected chi connectivity index (χ1v) is 9.70. The average molecular weight is 403 g/mol. The molecule has 2 N–H and O–H groups in total. The van der Waals surface area contributed by atoms with Crippen molar-refractivity contribution in [1.29, 1.82) is 0 Å². The summed E-state index contributed by atoms with van der Waals surface area (Å²) in [4.78, 5) is 9.05. The maximum Gasteiger partial charge on any atom is 0.283 e. The molecule has 0 amide bonds. The molecule has 6 nitrogen and oxygen atoms in total. The van der Waals surface area contributed by atoms with Crippen molar-refractivity contribution in [3.63, 3.8) is 0 Å². The van der Waals surface area contributed by atoms with Gasteiger partial charge in [-0.1, -0.05) is 18.2 Å². The second-order valence-corrected chi connectivity index (χ2v) is 7.43. The summed E-state index contributed by atoms with van der Waals surface area (Å²) in [5.74, 6) is 1.54. The first-order valence-electron chi connectivity index (χ1n) is 9.70. The van der Waals surface area contributed by atoms with E-state index in [-0.39, 0.29) is 6.02 Å². The van der Waals surface area contributed by atoms with Crippen LogP contribution in [0.15, 0.2) is 59.9 Å². The minimum Gasteiger partial charge on any atom is -0.496 e. The zero-order valence-electron chi connectivity index (χ0n) is 17.6. The Balaban J connectivity index is 1.88. The number of hydrogen-bond acceptors (Lipinski definition) is 6. The molecule has 154 valence electrons. The Morgan fingerprint density at radius 3 is 2.37 bits per heavy atom. The van der Waals surface area contributed by atoms with Crippen molar-refractivity contribution in [3.8, 4) is 22.6 Å². The predicted molar refractivity (Wildman–Crippen MR) is 117 cm³/mol. The smallest absolute Gasteiger partial charge is 0.283 e. The highest BCUT2D eigenvalue weighted by atomic mass is 16.5. The molecule has 1 aliphatic heterocycles. The SMILES string of the molecule is COc1cncc(-c2cc([C@]3(c4ccc(OC)c(C)c4)COC(N)=N3)ccc2C)c1. The molecule has 2 heterocycles. The van der Waals surface area contributed by atoms with Gasteiger partial charge in [0, 0.05) is 11.8 Å². The average Bonchev–Trinajstić information content (AvgIpc) is 3.17. The number of aliphatic imine (C=N–C) groups is 1. The molecule has 1 aromatic heterocycles. The molecule has 1 atom stereocenters. The van der Waals surface area contributed by atoms with Crippen molar-refractivity contribution in [1.82, 2.24) is 4.98 Å². The Kier molecular flexibility index (Phi) is 5.08. The standard InChI is InChI=1S/C24H25N3O3/c1-15-5-6-19(11-21(15)17-10-20(28-3)13-26-12-17)24(14-30-23(25)27-24)18-7-8-22(29-4)16(2)9-18/h5-13H,14H2,1-4H3,(H2,25,27)/t24-/m1/s1. The molecule has 0 unspecified atom stereocenters. The van der Waals surface area contributed by atoms with E-state index >= 15 is 0 Å². The maximum absolute atomic E-state index is 5.97. The summed E-state index contributed by atoms with van der Waals surface area (Å²) in [5, 5.41) is 0. The van der Waals surface area contributed by atoms with Crippen molar-refractivity contribution < 1.29 is 14.2 Å². The van der Waals surface area contributed by atoms with Crippen LogP contribution in [0, 0.1) is 13.8 Å². The van der Waals surface area contributed by atoms with E-state index in [0.29, 0.717) is 12.4 Å². The fraction of sp³-hybridized carbons (Fsp3) is 0.250. The maximum atomic E-state index is 5.97. The molecule has 0 aliphatic carbocycles. The summed E-state index contributed by atoms with van der Waals surface area (Å²) in [5.41, 5.74) is 11.4. The third-order valence-corrected chi connectivity index (χ3v) is 5.58. The summed E-state index contributed by atoms with van der Waals surface area (Å²) in [7, 11) is 3.31. The molecular weight excluding hydrogens is 378 g/mol. The molecule has 0 saturated heterocycles. The Labute approximate surface area is 176 Å². The second-order valence-electron chi connectivity index (χ2n) is 7.43. The van der Waals surface area contributed by atoms with Crippen LogP contribution in [0.5, 0.6) is 11.5 Å². The van der Waals surface area contributed by atoms with Crippen LogP contribution in [0.3, 0.4) is 0 Å². The van der Waals surface area contributed by atoms with E-state index in [1.54, 1.807) is 20.4 Å². The molecule has 0 saturated carbocycles. The predicted octanol–water partition coefficient (Wildman–Crippen LogP) is 3.97. The molecule has 2 aromatic carbocycles. The van der Waals surface area contributed by atoms with E-state index in [9.17, 15) is 0 Å². The molecule has 6 heteroatoms. The topological polar surface area (TPSA) is 79.0 Å². The number of pyridine rings is 1. The number of methoxy groups -OCH3 is 2. The number of hydrogen-bond donors (Lipinski definition) is 1. The number of aryl methyl sites for hydroxylation is 2. The zero-order chi connectivity index (χ0) is 21.3. The lowest BCUT2D eigenvalue weighted by Gasteiger charge is -2.27. The van der Waals surface area contributed by atoms with Crippen LogP contribution in [0.25, 0.3) is 11.1 Å². The molecule has 3 aromatic rings. The number of benzene rings is 2.